The molecule has 0 aliphatic carbocycles. The van der Waals surface area contributed by atoms with Crippen LogP contribution in [-0.2, 0) is 0 Å². The highest BCUT2D eigenvalue weighted by Gasteiger charge is 2.25. The van der Waals surface area contributed by atoms with Crippen molar-refractivity contribution in [2.24, 2.45) is 17.3 Å². The van der Waals surface area contributed by atoms with Crippen molar-refractivity contribution in [1.82, 2.24) is 10.2 Å². The number of hydrogen-bond donors (Lipinski definition) is 1. The van der Waals surface area contributed by atoms with E-state index in [1.165, 1.54) is 38.9 Å². The van der Waals surface area contributed by atoms with Gasteiger partial charge in [-0.05, 0) is 63.1 Å². The van der Waals surface area contributed by atoms with Crippen LogP contribution in [0, 0.1) is 17.3 Å². The van der Waals surface area contributed by atoms with Gasteiger partial charge in [-0.25, -0.2) is 0 Å². The molecule has 3 unspecified atom stereocenters. The van der Waals surface area contributed by atoms with Gasteiger partial charge < -0.3 is 10.2 Å². The molecule has 0 radical (unpaired) electrons. The summed E-state index contributed by atoms with van der Waals surface area (Å²) in [6.45, 7) is 19.1. The molecule has 1 heterocycles. The Morgan fingerprint density at radius 1 is 1.26 bits per heavy atom. The number of likely N-dealkylation sites (tertiary alicyclic amines) is 1. The molecule has 0 bridgehead atoms. The maximum Gasteiger partial charge on any atom is 0.00793 e. The van der Waals surface area contributed by atoms with E-state index in [2.05, 4.69) is 51.8 Å². The predicted octanol–water partition coefficient (Wildman–Crippen LogP) is 3.77. The SMILES string of the molecule is CCCN1CCCC(C(C)NCC(C)C(C)(C)C)C1. The zero-order valence-corrected chi connectivity index (χ0v) is 14.1. The monoisotopic (exact) mass is 268 g/mol. The lowest BCUT2D eigenvalue weighted by molar-refractivity contribution is 0.144. The van der Waals surface area contributed by atoms with Crippen molar-refractivity contribution in [1.29, 1.82) is 0 Å². The van der Waals surface area contributed by atoms with Crippen LogP contribution in [0.15, 0.2) is 0 Å². The highest BCUT2D eigenvalue weighted by molar-refractivity contribution is 4.82. The first-order valence-electron chi connectivity index (χ1n) is 8.30. The summed E-state index contributed by atoms with van der Waals surface area (Å²) in [7, 11) is 0. The Morgan fingerprint density at radius 3 is 2.53 bits per heavy atom. The van der Waals surface area contributed by atoms with Crippen LogP contribution in [0.4, 0.5) is 0 Å². The summed E-state index contributed by atoms with van der Waals surface area (Å²) in [6, 6.07) is 0.657. The van der Waals surface area contributed by atoms with Gasteiger partial charge in [0.2, 0.25) is 0 Å². The molecule has 3 atom stereocenters. The zero-order chi connectivity index (χ0) is 14.5. The Hall–Kier alpha value is -0.0800. The Labute approximate surface area is 121 Å². The molecule has 0 spiro atoms. The van der Waals surface area contributed by atoms with Gasteiger partial charge in [0.05, 0.1) is 0 Å². The van der Waals surface area contributed by atoms with E-state index >= 15 is 0 Å². The number of nitrogens with one attached hydrogen (secondary N) is 1. The standard InChI is InChI=1S/C17H36N2/c1-7-10-19-11-8-9-16(13-19)15(3)18-12-14(2)17(4,5)6/h14-16,18H,7-13H2,1-6H3. The maximum atomic E-state index is 3.79. The maximum absolute atomic E-state index is 3.79. The van der Waals surface area contributed by atoms with Gasteiger partial charge in [-0.15, -0.1) is 0 Å². The zero-order valence-electron chi connectivity index (χ0n) is 14.1. The number of rotatable bonds is 6. The van der Waals surface area contributed by atoms with E-state index in [-0.39, 0.29) is 0 Å². The normalized spacial score (nSPS) is 25.3. The summed E-state index contributed by atoms with van der Waals surface area (Å²) in [5.74, 6) is 1.57. The fraction of sp³-hybridized carbons (Fsp3) is 1.00. The summed E-state index contributed by atoms with van der Waals surface area (Å²) in [6.07, 6.45) is 4.07. The molecular weight excluding hydrogens is 232 g/mol. The van der Waals surface area contributed by atoms with Gasteiger partial charge in [-0.3, -0.25) is 0 Å². The summed E-state index contributed by atoms with van der Waals surface area (Å²) < 4.78 is 0. The van der Waals surface area contributed by atoms with E-state index in [0.29, 0.717) is 11.5 Å². The average molecular weight is 268 g/mol. The topological polar surface area (TPSA) is 15.3 Å². The van der Waals surface area contributed by atoms with E-state index in [0.717, 1.165) is 18.4 Å². The molecule has 1 N–H and O–H groups in total. The molecule has 114 valence electrons. The van der Waals surface area contributed by atoms with Crippen LogP contribution in [-0.4, -0.2) is 37.1 Å². The third-order valence-corrected chi connectivity index (χ3v) is 5.01. The van der Waals surface area contributed by atoms with Crippen molar-refractivity contribution in [3.63, 3.8) is 0 Å². The van der Waals surface area contributed by atoms with Crippen LogP contribution in [0.5, 0.6) is 0 Å². The van der Waals surface area contributed by atoms with Gasteiger partial charge in [-0.2, -0.15) is 0 Å². The second kappa shape index (κ2) is 7.64. The fourth-order valence-corrected chi connectivity index (χ4v) is 2.85. The first-order chi connectivity index (χ1) is 8.84. The molecule has 19 heavy (non-hydrogen) atoms. The lowest BCUT2D eigenvalue weighted by Crippen LogP contribution is -2.46. The van der Waals surface area contributed by atoms with Crippen LogP contribution in [0.3, 0.4) is 0 Å². The molecule has 0 saturated carbocycles. The molecule has 1 aliphatic rings. The fourth-order valence-electron chi connectivity index (χ4n) is 2.85. The van der Waals surface area contributed by atoms with E-state index in [9.17, 15) is 0 Å². The van der Waals surface area contributed by atoms with Gasteiger partial charge in [0.1, 0.15) is 0 Å². The predicted molar refractivity (Wildman–Crippen MR) is 85.5 cm³/mol. The lowest BCUT2D eigenvalue weighted by Gasteiger charge is -2.37. The van der Waals surface area contributed by atoms with Gasteiger partial charge in [-0.1, -0.05) is 34.6 Å². The van der Waals surface area contributed by atoms with Crippen LogP contribution in [0.1, 0.15) is 60.8 Å². The molecule has 1 aliphatic heterocycles. The molecule has 2 heteroatoms. The largest absolute Gasteiger partial charge is 0.314 e. The Bertz CT molecular complexity index is 242. The van der Waals surface area contributed by atoms with Crippen LogP contribution in [0.2, 0.25) is 0 Å². The highest BCUT2D eigenvalue weighted by Crippen LogP contribution is 2.25. The number of hydrogen-bond acceptors (Lipinski definition) is 2. The summed E-state index contributed by atoms with van der Waals surface area (Å²) in [5.41, 5.74) is 0.410. The molecular formula is C17H36N2. The third-order valence-electron chi connectivity index (χ3n) is 5.01. The minimum absolute atomic E-state index is 0.410. The van der Waals surface area contributed by atoms with Crippen molar-refractivity contribution in [3.05, 3.63) is 0 Å². The molecule has 1 fully saturated rings. The summed E-state index contributed by atoms with van der Waals surface area (Å²) in [5, 5.41) is 3.79. The highest BCUT2D eigenvalue weighted by atomic mass is 15.1. The second-order valence-corrected chi connectivity index (χ2v) is 7.67. The van der Waals surface area contributed by atoms with Gasteiger partial charge in [0.15, 0.2) is 0 Å². The quantitative estimate of drug-likeness (QED) is 0.789. The molecule has 0 aromatic carbocycles. The molecule has 1 rings (SSSR count). The Kier molecular flexibility index (Phi) is 6.82. The Balaban J connectivity index is 2.34. The van der Waals surface area contributed by atoms with Gasteiger partial charge in [0, 0.05) is 12.6 Å². The minimum Gasteiger partial charge on any atom is -0.314 e. The first-order valence-corrected chi connectivity index (χ1v) is 8.30. The van der Waals surface area contributed by atoms with Crippen LogP contribution in [0.25, 0.3) is 0 Å². The average Bonchev–Trinajstić information content (AvgIpc) is 2.35. The van der Waals surface area contributed by atoms with Gasteiger partial charge >= 0.3 is 0 Å². The van der Waals surface area contributed by atoms with Crippen LogP contribution >= 0.6 is 0 Å². The summed E-state index contributed by atoms with van der Waals surface area (Å²) >= 11 is 0. The third kappa shape index (κ3) is 5.83. The smallest absolute Gasteiger partial charge is 0.00793 e. The van der Waals surface area contributed by atoms with Crippen molar-refractivity contribution in [2.75, 3.05) is 26.2 Å². The molecule has 0 amide bonds. The molecule has 0 aromatic rings. The number of nitrogens with zero attached hydrogens (tertiary/aromatic N) is 1. The van der Waals surface area contributed by atoms with Crippen molar-refractivity contribution < 1.29 is 0 Å². The first kappa shape index (κ1) is 17.0. The van der Waals surface area contributed by atoms with E-state index < -0.39 is 0 Å². The van der Waals surface area contributed by atoms with Crippen molar-refractivity contribution in [3.8, 4) is 0 Å². The van der Waals surface area contributed by atoms with E-state index in [1.807, 2.05) is 0 Å². The lowest BCUT2D eigenvalue weighted by atomic mass is 9.81. The molecule has 1 saturated heterocycles. The summed E-state index contributed by atoms with van der Waals surface area (Å²) in [4.78, 5) is 2.65. The van der Waals surface area contributed by atoms with Gasteiger partial charge in [0.25, 0.3) is 0 Å². The number of piperidine rings is 1. The molecule has 2 nitrogen and oxygen atoms in total. The van der Waals surface area contributed by atoms with Crippen molar-refractivity contribution >= 4 is 0 Å². The van der Waals surface area contributed by atoms with E-state index in [4.69, 9.17) is 0 Å². The van der Waals surface area contributed by atoms with Crippen molar-refractivity contribution in [2.45, 2.75) is 66.8 Å². The van der Waals surface area contributed by atoms with Crippen LogP contribution < -0.4 is 5.32 Å². The second-order valence-electron chi connectivity index (χ2n) is 7.67. The minimum atomic E-state index is 0.410. The Morgan fingerprint density at radius 2 is 1.95 bits per heavy atom. The van der Waals surface area contributed by atoms with E-state index in [1.54, 1.807) is 0 Å². The molecule has 0 aromatic heterocycles.